The molecule has 0 radical (unpaired) electrons. The van der Waals surface area contributed by atoms with Crippen molar-refractivity contribution in [2.75, 3.05) is 19.8 Å². The number of carbonyl (C=O) groups excluding carboxylic acids is 2. The van der Waals surface area contributed by atoms with Crippen LogP contribution >= 0.6 is 0 Å². The van der Waals surface area contributed by atoms with Gasteiger partial charge >= 0.3 is 5.97 Å². The van der Waals surface area contributed by atoms with E-state index < -0.39 is 22.8 Å². The number of nitrogens with one attached hydrogen (secondary N) is 1. The summed E-state index contributed by atoms with van der Waals surface area (Å²) in [7, 11) is 0. The van der Waals surface area contributed by atoms with Crippen LogP contribution in [0.4, 0.5) is 0 Å². The second kappa shape index (κ2) is 6.57. The van der Waals surface area contributed by atoms with E-state index in [2.05, 4.69) is 5.32 Å². The van der Waals surface area contributed by atoms with Crippen molar-refractivity contribution in [1.82, 2.24) is 5.32 Å². The number of ether oxygens (including phenoxy) is 2. The molecule has 0 aromatic rings. The van der Waals surface area contributed by atoms with Gasteiger partial charge in [0, 0.05) is 6.61 Å². The van der Waals surface area contributed by atoms with Crippen LogP contribution in [0, 0.1) is 11.3 Å². The van der Waals surface area contributed by atoms with Gasteiger partial charge in [0.15, 0.2) is 0 Å². The summed E-state index contributed by atoms with van der Waals surface area (Å²) in [5, 5.41) is 2.98. The molecule has 116 valence electrons. The van der Waals surface area contributed by atoms with Gasteiger partial charge in [-0.05, 0) is 32.1 Å². The standard InChI is InChI=1S/C15H27NO4/c1-6-20-13(18)11(14(2,3)4)12(17)16-15(5)8-7-9-19-10-15/h11H,6-10H2,1-5H3,(H,16,17). The first kappa shape index (κ1) is 17.0. The topological polar surface area (TPSA) is 64.6 Å². The van der Waals surface area contributed by atoms with Crippen LogP contribution in [0.15, 0.2) is 0 Å². The SMILES string of the molecule is CCOC(=O)C(C(=O)NC1(C)CCCOC1)C(C)(C)C. The van der Waals surface area contributed by atoms with Gasteiger partial charge in [-0.25, -0.2) is 0 Å². The average molecular weight is 285 g/mol. The molecule has 1 N–H and O–H groups in total. The first-order valence-corrected chi connectivity index (χ1v) is 7.26. The van der Waals surface area contributed by atoms with Gasteiger partial charge in [-0.3, -0.25) is 9.59 Å². The molecule has 1 rings (SSSR count). The zero-order chi connectivity index (χ0) is 15.4. The molecule has 20 heavy (non-hydrogen) atoms. The van der Waals surface area contributed by atoms with Gasteiger partial charge in [0.25, 0.3) is 0 Å². The molecule has 1 aliphatic rings. The minimum absolute atomic E-state index is 0.274. The molecular formula is C15H27NO4. The zero-order valence-corrected chi connectivity index (χ0v) is 13.2. The Balaban J connectivity index is 2.80. The Labute approximate surface area is 121 Å². The second-order valence-electron chi connectivity index (χ2n) is 6.76. The first-order valence-electron chi connectivity index (χ1n) is 7.26. The maximum atomic E-state index is 12.5. The third-order valence-electron chi connectivity index (χ3n) is 3.51. The van der Waals surface area contributed by atoms with Gasteiger partial charge in [-0.1, -0.05) is 20.8 Å². The highest BCUT2D eigenvalue weighted by Gasteiger charge is 2.41. The third-order valence-corrected chi connectivity index (χ3v) is 3.51. The Hall–Kier alpha value is -1.10. The molecule has 1 amide bonds. The van der Waals surface area contributed by atoms with Crippen molar-refractivity contribution in [2.45, 2.75) is 53.0 Å². The normalized spacial score (nSPS) is 24.9. The monoisotopic (exact) mass is 285 g/mol. The lowest BCUT2D eigenvalue weighted by Gasteiger charge is -2.37. The lowest BCUT2D eigenvalue weighted by Crippen LogP contribution is -2.56. The second-order valence-corrected chi connectivity index (χ2v) is 6.76. The molecule has 0 aromatic heterocycles. The summed E-state index contributed by atoms with van der Waals surface area (Å²) in [4.78, 5) is 24.6. The smallest absolute Gasteiger partial charge is 0.319 e. The van der Waals surface area contributed by atoms with E-state index in [4.69, 9.17) is 9.47 Å². The lowest BCUT2D eigenvalue weighted by molar-refractivity contribution is -0.157. The summed E-state index contributed by atoms with van der Waals surface area (Å²) in [5.74, 6) is -1.54. The average Bonchev–Trinajstić information content (AvgIpc) is 2.27. The molecule has 2 unspecified atom stereocenters. The molecule has 0 aliphatic carbocycles. The Morgan fingerprint density at radius 1 is 1.40 bits per heavy atom. The van der Waals surface area contributed by atoms with E-state index in [0.717, 1.165) is 19.4 Å². The van der Waals surface area contributed by atoms with Gasteiger partial charge in [0.1, 0.15) is 5.92 Å². The maximum absolute atomic E-state index is 12.5. The predicted octanol–water partition coefficient (Wildman–Crippen LogP) is 1.90. The lowest BCUT2D eigenvalue weighted by atomic mass is 9.79. The number of carbonyl (C=O) groups is 2. The molecule has 0 bridgehead atoms. The van der Waals surface area contributed by atoms with Crippen LogP contribution in [-0.2, 0) is 19.1 Å². The zero-order valence-electron chi connectivity index (χ0n) is 13.2. The minimum atomic E-state index is -0.804. The fourth-order valence-corrected chi connectivity index (χ4v) is 2.48. The molecule has 0 spiro atoms. The van der Waals surface area contributed by atoms with Crippen LogP contribution in [0.3, 0.4) is 0 Å². The molecule has 0 aromatic carbocycles. The molecular weight excluding hydrogens is 258 g/mol. The van der Waals surface area contributed by atoms with Gasteiger partial charge in [-0.15, -0.1) is 0 Å². The van der Waals surface area contributed by atoms with Crippen molar-refractivity contribution in [2.24, 2.45) is 11.3 Å². The number of rotatable bonds is 4. The molecule has 1 aliphatic heterocycles. The number of amides is 1. The van der Waals surface area contributed by atoms with Gasteiger partial charge in [0.05, 0.1) is 18.8 Å². The van der Waals surface area contributed by atoms with Crippen LogP contribution in [-0.4, -0.2) is 37.2 Å². The molecule has 5 nitrogen and oxygen atoms in total. The summed E-state index contributed by atoms with van der Waals surface area (Å²) < 4.78 is 10.5. The minimum Gasteiger partial charge on any atom is -0.465 e. The van der Waals surface area contributed by atoms with E-state index in [1.807, 2.05) is 27.7 Å². The fourth-order valence-electron chi connectivity index (χ4n) is 2.48. The van der Waals surface area contributed by atoms with E-state index in [9.17, 15) is 9.59 Å². The Kier molecular flexibility index (Phi) is 5.57. The summed E-state index contributed by atoms with van der Waals surface area (Å²) in [5.41, 5.74) is -0.881. The van der Waals surface area contributed by atoms with Crippen LogP contribution in [0.25, 0.3) is 0 Å². The van der Waals surface area contributed by atoms with Crippen LogP contribution in [0.1, 0.15) is 47.5 Å². The van der Waals surface area contributed by atoms with Gasteiger partial charge < -0.3 is 14.8 Å². The Morgan fingerprint density at radius 3 is 2.50 bits per heavy atom. The number of esters is 1. The predicted molar refractivity (Wildman–Crippen MR) is 76.2 cm³/mol. The summed E-state index contributed by atoms with van der Waals surface area (Å²) >= 11 is 0. The van der Waals surface area contributed by atoms with Gasteiger partial charge in [0.2, 0.25) is 5.91 Å². The largest absolute Gasteiger partial charge is 0.465 e. The van der Waals surface area contributed by atoms with E-state index in [1.165, 1.54) is 0 Å². The van der Waals surface area contributed by atoms with Crippen LogP contribution in [0.2, 0.25) is 0 Å². The van der Waals surface area contributed by atoms with Crippen molar-refractivity contribution >= 4 is 11.9 Å². The van der Waals surface area contributed by atoms with Crippen LogP contribution < -0.4 is 5.32 Å². The summed E-state index contributed by atoms with van der Waals surface area (Å²) in [6.07, 6.45) is 1.77. The number of hydrogen-bond donors (Lipinski definition) is 1. The third kappa shape index (κ3) is 4.47. The summed E-state index contributed by atoms with van der Waals surface area (Å²) in [6.45, 7) is 10.8. The highest BCUT2D eigenvalue weighted by atomic mass is 16.5. The van der Waals surface area contributed by atoms with E-state index in [-0.39, 0.29) is 12.5 Å². The number of hydrogen-bond acceptors (Lipinski definition) is 4. The summed E-state index contributed by atoms with van der Waals surface area (Å²) in [6, 6.07) is 0. The molecule has 2 atom stereocenters. The van der Waals surface area contributed by atoms with Crippen LogP contribution in [0.5, 0.6) is 0 Å². The molecule has 5 heteroatoms. The van der Waals surface area contributed by atoms with E-state index >= 15 is 0 Å². The Bertz CT molecular complexity index is 353. The van der Waals surface area contributed by atoms with Crippen molar-refractivity contribution in [3.8, 4) is 0 Å². The highest BCUT2D eigenvalue weighted by Crippen LogP contribution is 2.29. The fraction of sp³-hybridized carbons (Fsp3) is 0.867. The van der Waals surface area contributed by atoms with Crippen molar-refractivity contribution < 1.29 is 19.1 Å². The first-order chi connectivity index (χ1) is 9.19. The molecule has 0 saturated carbocycles. The molecule has 1 fully saturated rings. The molecule has 1 saturated heterocycles. The van der Waals surface area contributed by atoms with Crippen molar-refractivity contribution in [1.29, 1.82) is 0 Å². The Morgan fingerprint density at radius 2 is 2.05 bits per heavy atom. The van der Waals surface area contributed by atoms with Crippen molar-refractivity contribution in [3.05, 3.63) is 0 Å². The van der Waals surface area contributed by atoms with Gasteiger partial charge in [-0.2, -0.15) is 0 Å². The highest BCUT2D eigenvalue weighted by molar-refractivity contribution is 5.98. The van der Waals surface area contributed by atoms with E-state index in [0.29, 0.717) is 6.61 Å². The maximum Gasteiger partial charge on any atom is 0.319 e. The molecule has 1 heterocycles. The van der Waals surface area contributed by atoms with Crippen molar-refractivity contribution in [3.63, 3.8) is 0 Å². The van der Waals surface area contributed by atoms with E-state index in [1.54, 1.807) is 6.92 Å². The quantitative estimate of drug-likeness (QED) is 0.633.